The van der Waals surface area contributed by atoms with Gasteiger partial charge in [0.05, 0.1) is 16.6 Å². The van der Waals surface area contributed by atoms with E-state index in [2.05, 4.69) is 65.1 Å². The third-order valence-corrected chi connectivity index (χ3v) is 7.92. The third-order valence-electron chi connectivity index (χ3n) is 7.92. The normalized spacial score (nSPS) is 13.5. The van der Waals surface area contributed by atoms with Crippen molar-refractivity contribution in [1.29, 1.82) is 0 Å². The highest BCUT2D eigenvalue weighted by Gasteiger charge is 2.34. The lowest BCUT2D eigenvalue weighted by atomic mass is 9.93. The molecule has 2 aliphatic rings. The lowest BCUT2D eigenvalue weighted by Crippen LogP contribution is -1.97. The summed E-state index contributed by atoms with van der Waals surface area (Å²) in [6.45, 7) is 0. The van der Waals surface area contributed by atoms with E-state index in [1.54, 1.807) is 0 Å². The molecule has 4 nitrogen and oxygen atoms in total. The second kappa shape index (κ2) is 6.10. The van der Waals surface area contributed by atoms with Crippen molar-refractivity contribution in [2.75, 3.05) is 0 Å². The highest BCUT2D eigenvalue weighted by atomic mass is 15.1. The maximum atomic E-state index is 5.38. The minimum Gasteiger partial charge on any atom is -0.275 e. The van der Waals surface area contributed by atoms with Crippen LogP contribution >= 0.6 is 0 Å². The molecule has 9 rings (SSSR count). The number of nitrogens with zero attached hydrogens (tertiary/aromatic N) is 4. The molecule has 0 fully saturated rings. The van der Waals surface area contributed by atoms with Crippen molar-refractivity contribution in [3.63, 3.8) is 0 Å². The third kappa shape index (κ3) is 2.07. The Hall–Kier alpha value is -4.57. The highest BCUT2D eigenvalue weighted by Crippen LogP contribution is 2.52. The summed E-state index contributed by atoms with van der Waals surface area (Å²) in [6, 6.07) is 26.0. The number of imidazole rings is 1. The van der Waals surface area contributed by atoms with Crippen LogP contribution in [0.5, 0.6) is 0 Å². The largest absolute Gasteiger partial charge is 0.275 e. The number of rotatable bonds is 0. The second-order valence-electron chi connectivity index (χ2n) is 9.62. The Morgan fingerprint density at radius 3 is 2.03 bits per heavy atom. The summed E-state index contributed by atoms with van der Waals surface area (Å²) in [4.78, 5) is 15.0. The SMILES string of the molecule is c1ccc2c(c1)Cc1c-2c2c(c3c1nc1c4cccnc4c4cccnc4n13)-c1ccccc1C2. The average Bonchev–Trinajstić information content (AvgIpc) is 3.60. The molecular weight excluding hydrogens is 428 g/mol. The maximum absolute atomic E-state index is 5.38. The molecule has 0 atom stereocenters. The van der Waals surface area contributed by atoms with Gasteiger partial charge in [-0.05, 0) is 69.6 Å². The van der Waals surface area contributed by atoms with E-state index < -0.39 is 0 Å². The predicted octanol–water partition coefficient (Wildman–Crippen LogP) is 6.73. The van der Waals surface area contributed by atoms with Gasteiger partial charge in [-0.2, -0.15) is 0 Å². The summed E-state index contributed by atoms with van der Waals surface area (Å²) in [6.07, 6.45) is 5.60. The van der Waals surface area contributed by atoms with Crippen molar-refractivity contribution in [3.05, 3.63) is 107 Å². The molecule has 0 radical (unpaired) electrons. The van der Waals surface area contributed by atoms with Gasteiger partial charge in [0.15, 0.2) is 0 Å². The quantitative estimate of drug-likeness (QED) is 0.243. The highest BCUT2D eigenvalue weighted by molar-refractivity contribution is 6.15. The lowest BCUT2D eigenvalue weighted by molar-refractivity contribution is 1.22. The topological polar surface area (TPSA) is 43.1 Å². The molecule has 0 aliphatic heterocycles. The van der Waals surface area contributed by atoms with Gasteiger partial charge >= 0.3 is 0 Å². The number of hydrogen-bond acceptors (Lipinski definition) is 3. The molecule has 3 aromatic carbocycles. The lowest BCUT2D eigenvalue weighted by Gasteiger charge is -2.13. The Bertz CT molecular complexity index is 2070. The Balaban J connectivity index is 1.60. The van der Waals surface area contributed by atoms with E-state index in [0.717, 1.165) is 45.9 Å². The summed E-state index contributed by atoms with van der Waals surface area (Å²) >= 11 is 0. The van der Waals surface area contributed by atoms with Crippen molar-refractivity contribution in [2.45, 2.75) is 12.8 Å². The molecule has 162 valence electrons. The van der Waals surface area contributed by atoms with Crippen LogP contribution in [0, 0.1) is 0 Å². The van der Waals surface area contributed by atoms with E-state index in [0.29, 0.717) is 0 Å². The smallest absolute Gasteiger partial charge is 0.149 e. The summed E-state index contributed by atoms with van der Waals surface area (Å²) < 4.78 is 2.30. The molecule has 0 N–H and O–H groups in total. The maximum Gasteiger partial charge on any atom is 0.149 e. The molecule has 0 saturated heterocycles. The van der Waals surface area contributed by atoms with Gasteiger partial charge in [-0.3, -0.25) is 9.38 Å². The zero-order chi connectivity index (χ0) is 22.7. The van der Waals surface area contributed by atoms with Crippen molar-refractivity contribution < 1.29 is 0 Å². The van der Waals surface area contributed by atoms with Crippen LogP contribution in [0.1, 0.15) is 22.3 Å². The summed E-state index contributed by atoms with van der Waals surface area (Å²) in [5.74, 6) is 0. The van der Waals surface area contributed by atoms with Crippen molar-refractivity contribution in [2.24, 2.45) is 0 Å². The van der Waals surface area contributed by atoms with E-state index >= 15 is 0 Å². The molecule has 0 unspecified atom stereocenters. The average molecular weight is 447 g/mol. The zero-order valence-corrected chi connectivity index (χ0v) is 18.8. The van der Waals surface area contributed by atoms with Gasteiger partial charge in [-0.25, -0.2) is 9.97 Å². The number of fused-ring (bicyclic) bond motifs is 17. The first-order chi connectivity index (χ1) is 17.4. The monoisotopic (exact) mass is 446 g/mol. The van der Waals surface area contributed by atoms with E-state index in [4.69, 9.17) is 15.0 Å². The molecular formula is C31H18N4. The van der Waals surface area contributed by atoms with Crippen LogP contribution in [0.25, 0.3) is 60.9 Å². The van der Waals surface area contributed by atoms with Crippen LogP contribution in [0.2, 0.25) is 0 Å². The molecule has 7 aromatic rings. The number of hydrogen-bond donors (Lipinski definition) is 0. The molecule has 2 aliphatic carbocycles. The minimum absolute atomic E-state index is 0.914. The van der Waals surface area contributed by atoms with Crippen molar-refractivity contribution in [1.82, 2.24) is 19.4 Å². The van der Waals surface area contributed by atoms with Crippen LogP contribution < -0.4 is 0 Å². The van der Waals surface area contributed by atoms with E-state index in [1.807, 2.05) is 24.5 Å². The summed E-state index contributed by atoms with van der Waals surface area (Å²) in [5, 5.41) is 2.12. The van der Waals surface area contributed by atoms with Crippen LogP contribution in [-0.4, -0.2) is 19.4 Å². The Labute approximate surface area is 200 Å². The van der Waals surface area contributed by atoms with Gasteiger partial charge in [0.25, 0.3) is 0 Å². The minimum atomic E-state index is 0.914. The van der Waals surface area contributed by atoms with Crippen LogP contribution in [-0.2, 0) is 12.8 Å². The molecule has 0 saturated carbocycles. The zero-order valence-electron chi connectivity index (χ0n) is 18.8. The van der Waals surface area contributed by atoms with Crippen LogP contribution in [0.4, 0.5) is 0 Å². The first-order valence-corrected chi connectivity index (χ1v) is 12.1. The van der Waals surface area contributed by atoms with E-state index in [1.165, 1.54) is 50.0 Å². The molecule has 0 amide bonds. The molecule has 0 bridgehead atoms. The van der Waals surface area contributed by atoms with E-state index in [-0.39, 0.29) is 0 Å². The second-order valence-corrected chi connectivity index (χ2v) is 9.62. The molecule has 4 aromatic heterocycles. The Kier molecular flexibility index (Phi) is 3.11. The molecule has 4 heterocycles. The van der Waals surface area contributed by atoms with Crippen molar-refractivity contribution in [3.8, 4) is 22.3 Å². The molecule has 4 heteroatoms. The first-order valence-electron chi connectivity index (χ1n) is 12.1. The Morgan fingerprint density at radius 1 is 0.571 bits per heavy atom. The summed E-state index contributed by atoms with van der Waals surface area (Å²) in [7, 11) is 0. The van der Waals surface area contributed by atoms with Crippen LogP contribution in [0.3, 0.4) is 0 Å². The standard InChI is InChI=1S/C31H18N4/c1-3-9-19-18(8-1)16-24-25(19)23-15-17-7-2-4-10-20(17)26(23)29-28(24)34-31-22-12-5-13-32-27(22)21-11-6-14-33-30(21)35(29)31/h1-14H,15-16H2. The van der Waals surface area contributed by atoms with Crippen molar-refractivity contribution >= 4 is 38.6 Å². The fourth-order valence-corrected chi connectivity index (χ4v) is 6.56. The number of aromatic nitrogens is 4. The molecule has 0 spiro atoms. The fourth-order valence-electron chi connectivity index (χ4n) is 6.56. The Morgan fingerprint density at radius 2 is 1.23 bits per heavy atom. The van der Waals surface area contributed by atoms with Gasteiger partial charge in [-0.15, -0.1) is 0 Å². The van der Waals surface area contributed by atoms with Gasteiger partial charge in [-0.1, -0.05) is 48.5 Å². The number of benzene rings is 3. The van der Waals surface area contributed by atoms with Gasteiger partial charge in [0.2, 0.25) is 0 Å². The molecule has 35 heavy (non-hydrogen) atoms. The first kappa shape index (κ1) is 17.8. The predicted molar refractivity (Wildman–Crippen MR) is 140 cm³/mol. The summed E-state index contributed by atoms with van der Waals surface area (Å²) in [5.41, 5.74) is 16.0. The van der Waals surface area contributed by atoms with Gasteiger partial charge in [0, 0.05) is 35.2 Å². The van der Waals surface area contributed by atoms with Gasteiger partial charge < -0.3 is 0 Å². The number of pyridine rings is 3. The van der Waals surface area contributed by atoms with Crippen LogP contribution in [0.15, 0.2) is 85.2 Å². The fraction of sp³-hybridized carbons (Fsp3) is 0.0645. The van der Waals surface area contributed by atoms with E-state index in [9.17, 15) is 0 Å². The van der Waals surface area contributed by atoms with Gasteiger partial charge in [0.1, 0.15) is 11.3 Å².